The Morgan fingerprint density at radius 2 is 1.44 bits per heavy atom. The van der Waals surface area contributed by atoms with Crippen LogP contribution in [-0.4, -0.2) is 26.5 Å². The van der Waals surface area contributed by atoms with Gasteiger partial charge in [0.15, 0.2) is 0 Å². The van der Waals surface area contributed by atoms with Crippen LogP contribution in [0.2, 0.25) is 0 Å². The number of benzene rings is 3. The van der Waals surface area contributed by atoms with Crippen molar-refractivity contribution in [3.8, 4) is 5.75 Å². The Balaban J connectivity index is 1.68. The summed E-state index contributed by atoms with van der Waals surface area (Å²) in [5, 5.41) is 3.26. The summed E-state index contributed by atoms with van der Waals surface area (Å²) < 4.78 is 35.4. The van der Waals surface area contributed by atoms with Crippen molar-refractivity contribution in [1.82, 2.24) is 5.32 Å². The second-order valence-corrected chi connectivity index (χ2v) is 9.15. The van der Waals surface area contributed by atoms with Gasteiger partial charge in [0, 0.05) is 6.54 Å². The zero-order valence-electron chi connectivity index (χ0n) is 18.1. The fourth-order valence-electron chi connectivity index (χ4n) is 3.07. The first-order valence-electron chi connectivity index (χ1n) is 10.4. The highest BCUT2D eigenvalue weighted by molar-refractivity contribution is 7.87. The predicted octanol–water partition coefficient (Wildman–Crippen LogP) is 4.11. The Hall–Kier alpha value is -3.16. The summed E-state index contributed by atoms with van der Waals surface area (Å²) in [5.41, 5.74) is 1.91. The highest BCUT2D eigenvalue weighted by Crippen LogP contribution is 2.20. The van der Waals surface area contributed by atoms with Crippen molar-refractivity contribution in [3.05, 3.63) is 96.1 Å². The van der Waals surface area contributed by atoms with Crippen molar-refractivity contribution in [3.63, 3.8) is 0 Å². The third kappa shape index (κ3) is 6.93. The van der Waals surface area contributed by atoms with Gasteiger partial charge in [0.05, 0.1) is 6.10 Å². The summed E-state index contributed by atoms with van der Waals surface area (Å²) in [6.07, 6.45) is 0.173. The highest BCUT2D eigenvalue weighted by Gasteiger charge is 2.22. The number of hydrogen-bond donors (Lipinski definition) is 1. The Kier molecular flexibility index (Phi) is 8.03. The first-order chi connectivity index (χ1) is 15.3. The molecule has 0 amide bonds. The molecule has 7 heteroatoms. The van der Waals surface area contributed by atoms with Crippen molar-refractivity contribution in [2.24, 2.45) is 0 Å². The van der Waals surface area contributed by atoms with Gasteiger partial charge in [-0.25, -0.2) is 0 Å². The molecule has 0 heterocycles. The SMILES string of the molecule is CC(C)OC(=O)C(Cc1ccc(OS(=O)(=O)c2ccccc2)cc1)NCc1ccccc1. The molecule has 0 saturated heterocycles. The van der Waals surface area contributed by atoms with Crippen molar-refractivity contribution in [1.29, 1.82) is 0 Å². The number of nitrogens with one attached hydrogen (secondary N) is 1. The van der Waals surface area contributed by atoms with Crippen LogP contribution in [-0.2, 0) is 32.6 Å². The third-order valence-electron chi connectivity index (χ3n) is 4.63. The largest absolute Gasteiger partial charge is 0.462 e. The summed E-state index contributed by atoms with van der Waals surface area (Å²) in [5.74, 6) is -0.126. The number of rotatable bonds is 10. The van der Waals surface area contributed by atoms with Crippen LogP contribution in [0.15, 0.2) is 89.8 Å². The average Bonchev–Trinajstić information content (AvgIpc) is 2.78. The van der Waals surface area contributed by atoms with E-state index in [2.05, 4.69) is 5.32 Å². The van der Waals surface area contributed by atoms with Crippen LogP contribution in [0.3, 0.4) is 0 Å². The smallest absolute Gasteiger partial charge is 0.339 e. The van der Waals surface area contributed by atoms with Crippen molar-refractivity contribution < 1.29 is 22.1 Å². The van der Waals surface area contributed by atoms with Crippen LogP contribution in [0.4, 0.5) is 0 Å². The van der Waals surface area contributed by atoms with Crippen LogP contribution in [0.25, 0.3) is 0 Å². The summed E-state index contributed by atoms with van der Waals surface area (Å²) in [4.78, 5) is 12.7. The molecule has 0 aromatic heterocycles. The van der Waals surface area contributed by atoms with Crippen molar-refractivity contribution >= 4 is 16.1 Å². The molecule has 1 N–H and O–H groups in total. The minimum atomic E-state index is -3.90. The molecular formula is C25H27NO5S. The van der Waals surface area contributed by atoms with E-state index in [1.54, 1.807) is 42.5 Å². The number of carbonyl (C=O) groups excluding carboxylic acids is 1. The lowest BCUT2D eigenvalue weighted by atomic mass is 10.1. The minimum Gasteiger partial charge on any atom is -0.462 e. The summed E-state index contributed by atoms with van der Waals surface area (Å²) in [6, 6.07) is 23.9. The summed E-state index contributed by atoms with van der Waals surface area (Å²) in [7, 11) is -3.90. The predicted molar refractivity (Wildman–Crippen MR) is 123 cm³/mol. The molecule has 0 aliphatic carbocycles. The van der Waals surface area contributed by atoms with Gasteiger partial charge < -0.3 is 14.2 Å². The first-order valence-corrected chi connectivity index (χ1v) is 11.8. The Labute approximate surface area is 189 Å². The average molecular weight is 454 g/mol. The van der Waals surface area contributed by atoms with Gasteiger partial charge in [0.2, 0.25) is 0 Å². The zero-order chi connectivity index (χ0) is 23.0. The normalized spacial score (nSPS) is 12.3. The molecule has 168 valence electrons. The van der Waals surface area contributed by atoms with E-state index in [4.69, 9.17) is 8.92 Å². The molecule has 32 heavy (non-hydrogen) atoms. The van der Waals surface area contributed by atoms with Crippen LogP contribution in [0.1, 0.15) is 25.0 Å². The fourth-order valence-corrected chi connectivity index (χ4v) is 4.02. The first kappa shape index (κ1) is 23.5. The topological polar surface area (TPSA) is 81.7 Å². The lowest BCUT2D eigenvalue weighted by Crippen LogP contribution is -2.40. The Morgan fingerprint density at radius 3 is 2.03 bits per heavy atom. The van der Waals surface area contributed by atoms with Gasteiger partial charge in [-0.2, -0.15) is 8.42 Å². The van der Waals surface area contributed by atoms with Crippen LogP contribution < -0.4 is 9.50 Å². The lowest BCUT2D eigenvalue weighted by molar-refractivity contribution is -0.150. The Morgan fingerprint density at radius 1 is 0.844 bits per heavy atom. The Bertz CT molecular complexity index is 1100. The minimum absolute atomic E-state index is 0.0886. The molecule has 3 rings (SSSR count). The molecule has 0 aliphatic rings. The highest BCUT2D eigenvalue weighted by atomic mass is 32.2. The molecular weight excluding hydrogens is 426 g/mol. The monoisotopic (exact) mass is 453 g/mol. The molecule has 1 atom stereocenters. The van der Waals surface area contributed by atoms with Gasteiger partial charge in [-0.15, -0.1) is 0 Å². The van der Waals surface area contributed by atoms with E-state index >= 15 is 0 Å². The van der Waals surface area contributed by atoms with Gasteiger partial charge in [0.1, 0.15) is 16.7 Å². The fraction of sp³-hybridized carbons (Fsp3) is 0.240. The van der Waals surface area contributed by atoms with Gasteiger partial charge >= 0.3 is 16.1 Å². The van der Waals surface area contributed by atoms with E-state index in [9.17, 15) is 13.2 Å². The maximum Gasteiger partial charge on any atom is 0.339 e. The third-order valence-corrected chi connectivity index (χ3v) is 5.89. The maximum absolute atomic E-state index is 12.6. The van der Waals surface area contributed by atoms with E-state index in [0.717, 1.165) is 11.1 Å². The second kappa shape index (κ2) is 10.9. The summed E-state index contributed by atoms with van der Waals surface area (Å²) in [6.45, 7) is 4.14. The van der Waals surface area contributed by atoms with Gasteiger partial charge in [0.25, 0.3) is 0 Å². The molecule has 6 nitrogen and oxygen atoms in total. The molecule has 0 spiro atoms. The molecule has 3 aromatic carbocycles. The molecule has 1 unspecified atom stereocenters. The van der Waals surface area contributed by atoms with E-state index in [1.165, 1.54) is 12.1 Å². The van der Waals surface area contributed by atoms with E-state index in [1.807, 2.05) is 44.2 Å². The molecule has 0 fully saturated rings. The maximum atomic E-state index is 12.6. The van der Waals surface area contributed by atoms with Gasteiger partial charge in [-0.05, 0) is 55.7 Å². The number of carbonyl (C=O) groups is 1. The van der Waals surface area contributed by atoms with Gasteiger partial charge in [-0.1, -0.05) is 60.7 Å². The number of ether oxygens (including phenoxy) is 1. The van der Waals surface area contributed by atoms with Crippen LogP contribution in [0, 0.1) is 0 Å². The number of hydrogen-bond acceptors (Lipinski definition) is 6. The lowest BCUT2D eigenvalue weighted by Gasteiger charge is -2.19. The molecule has 0 bridgehead atoms. The standard InChI is InChI=1S/C25H27NO5S/c1-19(2)30-25(27)24(26-18-21-9-5-3-6-10-21)17-20-13-15-22(16-14-20)31-32(28,29)23-11-7-4-8-12-23/h3-16,19,24,26H,17-18H2,1-2H3. The van der Waals surface area contributed by atoms with Crippen molar-refractivity contribution in [2.75, 3.05) is 0 Å². The number of esters is 1. The van der Waals surface area contributed by atoms with E-state index in [-0.39, 0.29) is 22.7 Å². The molecule has 3 aromatic rings. The molecule has 0 saturated carbocycles. The second-order valence-electron chi connectivity index (χ2n) is 7.60. The molecule has 0 radical (unpaired) electrons. The van der Waals surface area contributed by atoms with Gasteiger partial charge in [-0.3, -0.25) is 4.79 Å². The van der Waals surface area contributed by atoms with Crippen LogP contribution >= 0.6 is 0 Å². The zero-order valence-corrected chi connectivity index (χ0v) is 18.9. The van der Waals surface area contributed by atoms with Crippen LogP contribution in [0.5, 0.6) is 5.75 Å². The van der Waals surface area contributed by atoms with E-state index in [0.29, 0.717) is 13.0 Å². The quantitative estimate of drug-likeness (QED) is 0.368. The molecule has 0 aliphatic heterocycles. The van der Waals surface area contributed by atoms with E-state index < -0.39 is 16.2 Å². The van der Waals surface area contributed by atoms with Crippen molar-refractivity contribution in [2.45, 2.75) is 43.9 Å². The summed E-state index contributed by atoms with van der Waals surface area (Å²) >= 11 is 0.